The average molecular weight is 346 g/mol. The van der Waals surface area contributed by atoms with E-state index in [2.05, 4.69) is 0 Å². The molecule has 0 bridgehead atoms. The van der Waals surface area contributed by atoms with Crippen LogP contribution in [0.5, 0.6) is 0 Å². The van der Waals surface area contributed by atoms with Gasteiger partial charge in [0.1, 0.15) is 5.82 Å². The number of hydrogen-bond donors (Lipinski definition) is 0. The van der Waals surface area contributed by atoms with Crippen molar-refractivity contribution >= 4 is 11.8 Å². The summed E-state index contributed by atoms with van der Waals surface area (Å²) in [5, 5.41) is 0. The zero-order valence-corrected chi connectivity index (χ0v) is 14.8. The Labute approximate surface area is 149 Å². The lowest BCUT2D eigenvalue weighted by molar-refractivity contribution is -0.134. The highest BCUT2D eigenvalue weighted by molar-refractivity contribution is 5.80. The first kappa shape index (κ1) is 17.9. The lowest BCUT2D eigenvalue weighted by Gasteiger charge is -2.33. The van der Waals surface area contributed by atoms with Crippen LogP contribution in [0.1, 0.15) is 44.1 Å². The molecule has 2 aliphatic heterocycles. The van der Waals surface area contributed by atoms with Gasteiger partial charge in [-0.15, -0.1) is 0 Å². The zero-order chi connectivity index (χ0) is 17.6. The van der Waals surface area contributed by atoms with Crippen molar-refractivity contribution in [2.75, 3.05) is 26.2 Å². The van der Waals surface area contributed by atoms with Crippen molar-refractivity contribution in [2.24, 2.45) is 5.92 Å². The molecule has 0 saturated carbocycles. The number of benzene rings is 1. The second kappa shape index (κ2) is 8.45. The van der Waals surface area contributed by atoms with Gasteiger partial charge in [0, 0.05) is 39.0 Å². The van der Waals surface area contributed by atoms with E-state index in [1.54, 1.807) is 11.0 Å². The van der Waals surface area contributed by atoms with Gasteiger partial charge in [-0.05, 0) is 49.7 Å². The van der Waals surface area contributed by atoms with Crippen LogP contribution in [0.3, 0.4) is 0 Å². The molecule has 1 aromatic carbocycles. The van der Waals surface area contributed by atoms with Crippen molar-refractivity contribution in [3.05, 3.63) is 35.6 Å². The Bertz CT molecular complexity index is 619. The number of rotatable bonds is 6. The number of likely N-dealkylation sites (tertiary alicyclic amines) is 2. The topological polar surface area (TPSA) is 40.6 Å². The number of piperidine rings is 1. The van der Waals surface area contributed by atoms with Gasteiger partial charge in [-0.2, -0.15) is 0 Å². The van der Waals surface area contributed by atoms with Crippen LogP contribution in [0.25, 0.3) is 0 Å². The minimum atomic E-state index is -0.137. The molecule has 2 fully saturated rings. The van der Waals surface area contributed by atoms with Crippen LogP contribution in [0.2, 0.25) is 0 Å². The number of hydrogen-bond acceptors (Lipinski definition) is 2. The van der Waals surface area contributed by atoms with Gasteiger partial charge in [0.15, 0.2) is 0 Å². The SMILES string of the molecule is O=C1CCCN1CCC(=O)N1CCC[C@H](CCc2ccccc2F)C1. The molecule has 136 valence electrons. The van der Waals surface area contributed by atoms with Gasteiger partial charge in [0.25, 0.3) is 0 Å². The summed E-state index contributed by atoms with van der Waals surface area (Å²) in [6.07, 6.45) is 5.70. The van der Waals surface area contributed by atoms with Gasteiger partial charge in [0.05, 0.1) is 0 Å². The summed E-state index contributed by atoms with van der Waals surface area (Å²) in [7, 11) is 0. The fourth-order valence-electron chi connectivity index (χ4n) is 3.92. The first-order valence-corrected chi connectivity index (χ1v) is 9.42. The smallest absolute Gasteiger partial charge is 0.224 e. The van der Waals surface area contributed by atoms with Gasteiger partial charge < -0.3 is 9.80 Å². The minimum Gasteiger partial charge on any atom is -0.342 e. The summed E-state index contributed by atoms with van der Waals surface area (Å²) >= 11 is 0. The fourth-order valence-corrected chi connectivity index (χ4v) is 3.92. The van der Waals surface area contributed by atoms with Crippen LogP contribution in [-0.2, 0) is 16.0 Å². The first-order valence-electron chi connectivity index (χ1n) is 9.42. The van der Waals surface area contributed by atoms with E-state index in [1.807, 2.05) is 17.0 Å². The highest BCUT2D eigenvalue weighted by atomic mass is 19.1. The standard InChI is InChI=1S/C20H27FN2O2/c21-18-7-2-1-6-17(18)10-9-16-5-3-13-23(15-16)20(25)11-14-22-12-4-8-19(22)24/h1-2,6-7,16H,3-5,8-15H2/t16-/m1/s1. The zero-order valence-electron chi connectivity index (χ0n) is 14.8. The molecule has 1 atom stereocenters. The van der Waals surface area contributed by atoms with E-state index in [1.165, 1.54) is 6.07 Å². The molecule has 3 rings (SSSR count). The number of aryl methyl sites for hydroxylation is 1. The number of amides is 2. The average Bonchev–Trinajstić information content (AvgIpc) is 3.04. The number of carbonyl (C=O) groups excluding carboxylic acids is 2. The van der Waals surface area contributed by atoms with Crippen molar-refractivity contribution in [1.82, 2.24) is 9.80 Å². The first-order chi connectivity index (χ1) is 12.1. The molecule has 2 aliphatic rings. The number of nitrogens with zero attached hydrogens (tertiary/aromatic N) is 2. The summed E-state index contributed by atoms with van der Waals surface area (Å²) in [6, 6.07) is 6.93. The fraction of sp³-hybridized carbons (Fsp3) is 0.600. The van der Waals surface area contributed by atoms with Crippen LogP contribution in [-0.4, -0.2) is 47.8 Å². The molecule has 0 spiro atoms. The molecule has 25 heavy (non-hydrogen) atoms. The molecule has 2 saturated heterocycles. The summed E-state index contributed by atoms with van der Waals surface area (Å²) in [5.74, 6) is 0.622. The van der Waals surface area contributed by atoms with E-state index < -0.39 is 0 Å². The van der Waals surface area contributed by atoms with E-state index in [0.717, 1.165) is 57.3 Å². The maximum absolute atomic E-state index is 13.7. The highest BCUT2D eigenvalue weighted by Gasteiger charge is 2.25. The van der Waals surface area contributed by atoms with E-state index in [4.69, 9.17) is 0 Å². The van der Waals surface area contributed by atoms with Crippen molar-refractivity contribution < 1.29 is 14.0 Å². The van der Waals surface area contributed by atoms with E-state index in [-0.39, 0.29) is 17.6 Å². The van der Waals surface area contributed by atoms with Crippen LogP contribution in [0.4, 0.5) is 4.39 Å². The summed E-state index contributed by atoms with van der Waals surface area (Å²) in [4.78, 5) is 27.8. The number of halogens is 1. The molecule has 0 aliphatic carbocycles. The maximum Gasteiger partial charge on any atom is 0.224 e. The van der Waals surface area contributed by atoms with Gasteiger partial charge in [0.2, 0.25) is 11.8 Å². The third-order valence-electron chi connectivity index (χ3n) is 5.42. The predicted molar refractivity (Wildman–Crippen MR) is 94.5 cm³/mol. The Balaban J connectivity index is 1.44. The minimum absolute atomic E-state index is 0.137. The van der Waals surface area contributed by atoms with Crippen LogP contribution >= 0.6 is 0 Å². The highest BCUT2D eigenvalue weighted by Crippen LogP contribution is 2.23. The maximum atomic E-state index is 13.7. The van der Waals surface area contributed by atoms with Gasteiger partial charge in [-0.1, -0.05) is 18.2 Å². The van der Waals surface area contributed by atoms with E-state index in [9.17, 15) is 14.0 Å². The molecule has 0 aromatic heterocycles. The molecule has 0 unspecified atom stereocenters. The molecular weight excluding hydrogens is 319 g/mol. The van der Waals surface area contributed by atoms with Gasteiger partial charge in [-0.25, -0.2) is 4.39 Å². The summed E-state index contributed by atoms with van der Waals surface area (Å²) in [6.45, 7) is 2.91. The molecule has 5 heteroatoms. The Morgan fingerprint density at radius 3 is 2.80 bits per heavy atom. The van der Waals surface area contributed by atoms with Crippen LogP contribution in [0.15, 0.2) is 24.3 Å². The largest absolute Gasteiger partial charge is 0.342 e. The lowest BCUT2D eigenvalue weighted by atomic mass is 9.91. The quantitative estimate of drug-likeness (QED) is 0.794. The third-order valence-corrected chi connectivity index (χ3v) is 5.42. The van der Waals surface area contributed by atoms with Crippen LogP contribution < -0.4 is 0 Å². The Morgan fingerprint density at radius 1 is 1.20 bits per heavy atom. The van der Waals surface area contributed by atoms with Crippen molar-refractivity contribution in [1.29, 1.82) is 0 Å². The molecule has 0 N–H and O–H groups in total. The van der Waals surface area contributed by atoms with E-state index in [0.29, 0.717) is 25.3 Å². The van der Waals surface area contributed by atoms with Crippen LogP contribution in [0, 0.1) is 11.7 Å². The second-order valence-corrected chi connectivity index (χ2v) is 7.21. The second-order valence-electron chi connectivity index (χ2n) is 7.21. The Hall–Kier alpha value is -1.91. The lowest BCUT2D eigenvalue weighted by Crippen LogP contribution is -2.41. The predicted octanol–water partition coefficient (Wildman–Crippen LogP) is 3.01. The van der Waals surface area contributed by atoms with Crippen molar-refractivity contribution in [3.8, 4) is 0 Å². The normalized spacial score (nSPS) is 21.0. The Kier molecular flexibility index (Phi) is 6.05. The van der Waals surface area contributed by atoms with Gasteiger partial charge >= 0.3 is 0 Å². The summed E-state index contributed by atoms with van der Waals surface area (Å²) in [5.41, 5.74) is 0.762. The van der Waals surface area contributed by atoms with E-state index >= 15 is 0 Å². The van der Waals surface area contributed by atoms with Gasteiger partial charge in [-0.3, -0.25) is 9.59 Å². The third kappa shape index (κ3) is 4.80. The van der Waals surface area contributed by atoms with Crippen molar-refractivity contribution in [2.45, 2.75) is 44.9 Å². The molecule has 2 amide bonds. The Morgan fingerprint density at radius 2 is 2.04 bits per heavy atom. The monoisotopic (exact) mass is 346 g/mol. The molecule has 2 heterocycles. The number of carbonyl (C=O) groups is 2. The molecule has 1 aromatic rings. The van der Waals surface area contributed by atoms with Crippen molar-refractivity contribution in [3.63, 3.8) is 0 Å². The molecular formula is C20H27FN2O2. The summed E-state index contributed by atoms with van der Waals surface area (Å²) < 4.78 is 13.7. The molecule has 0 radical (unpaired) electrons. The molecule has 4 nitrogen and oxygen atoms in total.